The second-order valence-electron chi connectivity index (χ2n) is 6.60. The molecule has 0 aliphatic carbocycles. The van der Waals surface area contributed by atoms with Crippen LogP contribution in [-0.4, -0.2) is 46.8 Å². The number of esters is 2. The van der Waals surface area contributed by atoms with Crippen molar-refractivity contribution in [1.29, 1.82) is 0 Å². The molecule has 1 aromatic heterocycles. The maximum atomic E-state index is 12.3. The van der Waals surface area contributed by atoms with Gasteiger partial charge in [-0.25, -0.2) is 14.6 Å². The van der Waals surface area contributed by atoms with Gasteiger partial charge in [0, 0.05) is 29.7 Å². The van der Waals surface area contributed by atoms with E-state index in [0.29, 0.717) is 17.1 Å². The molecule has 33 heavy (non-hydrogen) atoms. The molecule has 3 rings (SSSR count). The molecule has 0 unspecified atom stereocenters. The highest BCUT2D eigenvalue weighted by Gasteiger charge is 2.17. The Hall–Kier alpha value is -4.34. The molecule has 0 aliphatic rings. The van der Waals surface area contributed by atoms with Crippen LogP contribution >= 0.6 is 0 Å². The molecule has 0 atom stereocenters. The fraction of sp³-hybridized carbons (Fsp3) is 0.217. The van der Waals surface area contributed by atoms with Crippen molar-refractivity contribution in [3.63, 3.8) is 0 Å². The maximum absolute atomic E-state index is 12.3. The fourth-order valence-electron chi connectivity index (χ4n) is 2.75. The van der Waals surface area contributed by atoms with Gasteiger partial charge in [-0.15, -0.1) is 0 Å². The van der Waals surface area contributed by atoms with Crippen molar-refractivity contribution in [3.8, 4) is 11.5 Å². The van der Waals surface area contributed by atoms with Crippen LogP contribution in [0.15, 0.2) is 54.7 Å². The number of phenolic OH excluding ortho intramolecular Hbond substituents is 1. The lowest BCUT2D eigenvalue weighted by molar-refractivity contribution is -0.145. The Kier molecular flexibility index (Phi) is 8.01. The van der Waals surface area contributed by atoms with E-state index >= 15 is 0 Å². The van der Waals surface area contributed by atoms with E-state index in [1.165, 1.54) is 18.3 Å². The Bertz CT molecular complexity index is 1120. The first-order valence-electron chi connectivity index (χ1n) is 10.2. The third kappa shape index (κ3) is 6.82. The molecule has 0 saturated carbocycles. The molecular weight excluding hydrogens is 428 g/mol. The number of ether oxygens (including phenoxy) is 3. The van der Waals surface area contributed by atoms with Crippen molar-refractivity contribution < 1.29 is 28.9 Å². The zero-order valence-electron chi connectivity index (χ0n) is 18.2. The van der Waals surface area contributed by atoms with E-state index in [9.17, 15) is 14.7 Å². The van der Waals surface area contributed by atoms with Gasteiger partial charge in [-0.05, 0) is 38.1 Å². The fourth-order valence-corrected chi connectivity index (χ4v) is 2.75. The second kappa shape index (κ2) is 11.3. The van der Waals surface area contributed by atoms with Crippen molar-refractivity contribution in [2.75, 3.05) is 30.5 Å². The first-order chi connectivity index (χ1) is 16.0. The molecule has 10 heteroatoms. The summed E-state index contributed by atoms with van der Waals surface area (Å²) in [6.07, 6.45) is 1.35. The normalized spacial score (nSPS) is 10.2. The molecule has 172 valence electrons. The number of nitrogens with zero attached hydrogens (tertiary/aromatic N) is 2. The van der Waals surface area contributed by atoms with Crippen LogP contribution in [0.5, 0.6) is 11.5 Å². The summed E-state index contributed by atoms with van der Waals surface area (Å²) in [5.74, 6) is -0.129. The summed E-state index contributed by atoms with van der Waals surface area (Å²) < 4.78 is 15.4. The van der Waals surface area contributed by atoms with E-state index in [0.717, 1.165) is 0 Å². The summed E-state index contributed by atoms with van der Waals surface area (Å²) in [7, 11) is 0. The molecular formula is C23H24N4O6. The van der Waals surface area contributed by atoms with Gasteiger partial charge in [0.2, 0.25) is 5.95 Å². The summed E-state index contributed by atoms with van der Waals surface area (Å²) in [6.45, 7) is 3.69. The van der Waals surface area contributed by atoms with E-state index < -0.39 is 11.9 Å². The van der Waals surface area contributed by atoms with Crippen molar-refractivity contribution >= 4 is 35.1 Å². The number of phenols is 1. The first kappa shape index (κ1) is 23.3. The topological polar surface area (TPSA) is 132 Å². The predicted octanol–water partition coefficient (Wildman–Crippen LogP) is 3.79. The Balaban J connectivity index is 1.81. The minimum absolute atomic E-state index is 0.0599. The Morgan fingerprint density at radius 2 is 1.70 bits per heavy atom. The number of aromatic hydroxyl groups is 1. The number of benzene rings is 2. The Morgan fingerprint density at radius 1 is 0.970 bits per heavy atom. The molecule has 3 aromatic rings. The van der Waals surface area contributed by atoms with Crippen LogP contribution in [0.3, 0.4) is 0 Å². The van der Waals surface area contributed by atoms with E-state index in [1.807, 2.05) is 0 Å². The quantitative estimate of drug-likeness (QED) is 0.390. The number of rotatable bonds is 10. The zero-order chi connectivity index (χ0) is 23.6. The van der Waals surface area contributed by atoms with Crippen LogP contribution in [0.25, 0.3) is 0 Å². The van der Waals surface area contributed by atoms with Gasteiger partial charge in [0.1, 0.15) is 17.1 Å². The van der Waals surface area contributed by atoms with Gasteiger partial charge in [-0.3, -0.25) is 0 Å². The first-order valence-corrected chi connectivity index (χ1v) is 10.2. The molecule has 0 spiro atoms. The van der Waals surface area contributed by atoms with E-state index in [-0.39, 0.29) is 42.9 Å². The number of hydrogen-bond donors (Lipinski definition) is 3. The number of nitrogens with one attached hydrogen (secondary N) is 2. The van der Waals surface area contributed by atoms with Crippen molar-refractivity contribution in [1.82, 2.24) is 9.97 Å². The minimum atomic E-state index is -0.582. The highest BCUT2D eigenvalue weighted by atomic mass is 16.6. The molecule has 0 radical (unpaired) electrons. The highest BCUT2D eigenvalue weighted by molar-refractivity contribution is 5.95. The van der Waals surface area contributed by atoms with Gasteiger partial charge in [-0.1, -0.05) is 12.1 Å². The van der Waals surface area contributed by atoms with Gasteiger partial charge in [0.15, 0.2) is 12.4 Å². The lowest BCUT2D eigenvalue weighted by Gasteiger charge is -2.13. The standard InChI is InChI=1S/C23H24N4O6/c1-3-31-20(29)14-33-18-10-6-8-16(12-18)26-23-24-13-19(22(30)32-4-2)21(27-23)25-15-7-5-9-17(28)11-15/h5-13,28H,3-4,14H2,1-2H3,(H2,24,25,26,27). The Labute approximate surface area is 190 Å². The van der Waals surface area contributed by atoms with Gasteiger partial charge in [-0.2, -0.15) is 4.98 Å². The van der Waals surface area contributed by atoms with Gasteiger partial charge in [0.05, 0.1) is 13.2 Å². The summed E-state index contributed by atoms with van der Waals surface area (Å²) in [5.41, 5.74) is 1.26. The van der Waals surface area contributed by atoms with Crippen molar-refractivity contribution in [3.05, 3.63) is 60.3 Å². The van der Waals surface area contributed by atoms with Crippen LogP contribution in [0.1, 0.15) is 24.2 Å². The number of anilines is 4. The molecule has 0 fully saturated rings. The lowest BCUT2D eigenvalue weighted by atomic mass is 10.2. The molecule has 1 heterocycles. The number of hydrogen-bond acceptors (Lipinski definition) is 10. The molecule has 0 saturated heterocycles. The smallest absolute Gasteiger partial charge is 0.344 e. The van der Waals surface area contributed by atoms with Crippen LogP contribution in [0, 0.1) is 0 Å². The van der Waals surface area contributed by atoms with Gasteiger partial charge >= 0.3 is 11.9 Å². The van der Waals surface area contributed by atoms with E-state index in [1.54, 1.807) is 50.2 Å². The van der Waals surface area contributed by atoms with E-state index in [2.05, 4.69) is 20.6 Å². The average molecular weight is 452 g/mol. The maximum Gasteiger partial charge on any atom is 0.344 e. The third-order valence-corrected chi connectivity index (χ3v) is 4.15. The lowest BCUT2D eigenvalue weighted by Crippen LogP contribution is -2.14. The molecule has 0 amide bonds. The Morgan fingerprint density at radius 3 is 2.42 bits per heavy atom. The minimum Gasteiger partial charge on any atom is -0.508 e. The van der Waals surface area contributed by atoms with Crippen molar-refractivity contribution in [2.24, 2.45) is 0 Å². The summed E-state index contributed by atoms with van der Waals surface area (Å²) in [6, 6.07) is 13.3. The van der Waals surface area contributed by atoms with Crippen LogP contribution in [0.2, 0.25) is 0 Å². The summed E-state index contributed by atoms with van der Waals surface area (Å²) >= 11 is 0. The molecule has 3 N–H and O–H groups in total. The monoisotopic (exact) mass is 452 g/mol. The average Bonchev–Trinajstić information content (AvgIpc) is 2.78. The van der Waals surface area contributed by atoms with Gasteiger partial charge in [0.25, 0.3) is 0 Å². The molecule has 0 bridgehead atoms. The summed E-state index contributed by atoms with van der Waals surface area (Å²) in [5, 5.41) is 15.8. The van der Waals surface area contributed by atoms with Crippen LogP contribution < -0.4 is 15.4 Å². The van der Waals surface area contributed by atoms with Crippen LogP contribution in [-0.2, 0) is 14.3 Å². The molecule has 2 aromatic carbocycles. The number of aromatic nitrogens is 2. The van der Waals surface area contributed by atoms with Crippen molar-refractivity contribution in [2.45, 2.75) is 13.8 Å². The predicted molar refractivity (Wildman–Crippen MR) is 121 cm³/mol. The number of carbonyl (C=O) groups excluding carboxylic acids is 2. The van der Waals surface area contributed by atoms with Crippen LogP contribution in [0.4, 0.5) is 23.1 Å². The second-order valence-corrected chi connectivity index (χ2v) is 6.60. The highest BCUT2D eigenvalue weighted by Crippen LogP contribution is 2.25. The van der Waals surface area contributed by atoms with E-state index in [4.69, 9.17) is 14.2 Å². The SMILES string of the molecule is CCOC(=O)COc1cccc(Nc2ncc(C(=O)OCC)c(Nc3cccc(O)c3)n2)c1. The van der Waals surface area contributed by atoms with Gasteiger partial charge < -0.3 is 30.0 Å². The largest absolute Gasteiger partial charge is 0.508 e. The zero-order valence-corrected chi connectivity index (χ0v) is 18.2. The molecule has 10 nitrogen and oxygen atoms in total. The third-order valence-electron chi connectivity index (χ3n) is 4.15. The number of carbonyl (C=O) groups is 2. The molecule has 0 aliphatic heterocycles. The summed E-state index contributed by atoms with van der Waals surface area (Å²) in [4.78, 5) is 32.4.